The van der Waals surface area contributed by atoms with E-state index in [-0.39, 0.29) is 16.8 Å². The third-order valence-corrected chi connectivity index (χ3v) is 5.16. The minimum atomic E-state index is -3.75. The molecule has 0 saturated heterocycles. The predicted molar refractivity (Wildman–Crippen MR) is 97.9 cm³/mol. The first-order chi connectivity index (χ1) is 12.2. The summed E-state index contributed by atoms with van der Waals surface area (Å²) in [5, 5.41) is 5.11. The van der Waals surface area contributed by atoms with Crippen molar-refractivity contribution in [2.24, 2.45) is 5.14 Å². The lowest BCUT2D eigenvalue weighted by molar-refractivity contribution is 0.0739. The largest absolute Gasteiger partial charge is 0.497 e. The van der Waals surface area contributed by atoms with Gasteiger partial charge in [-0.25, -0.2) is 13.6 Å². The van der Waals surface area contributed by atoms with Crippen LogP contribution in [0.3, 0.4) is 0 Å². The third-order valence-electron chi connectivity index (χ3n) is 4.23. The molecule has 1 unspecified atom stereocenters. The van der Waals surface area contributed by atoms with Gasteiger partial charge in [-0.05, 0) is 36.8 Å². The minimum Gasteiger partial charge on any atom is -0.497 e. The van der Waals surface area contributed by atoms with E-state index in [9.17, 15) is 13.2 Å². The van der Waals surface area contributed by atoms with Crippen LogP contribution in [0.2, 0.25) is 0 Å². The average molecular weight is 378 g/mol. The predicted octanol–water partition coefficient (Wildman–Crippen LogP) is 2.18. The summed E-state index contributed by atoms with van der Waals surface area (Å²) in [6.07, 6.45) is 0. The van der Waals surface area contributed by atoms with Crippen LogP contribution in [0.4, 0.5) is 0 Å². The van der Waals surface area contributed by atoms with Gasteiger partial charge < -0.3 is 14.4 Å². The monoisotopic (exact) mass is 378 g/mol. The van der Waals surface area contributed by atoms with Gasteiger partial charge in [0.2, 0.25) is 10.0 Å². The summed E-state index contributed by atoms with van der Waals surface area (Å²) in [5.41, 5.74) is 1.18. The molecular formula is C18H22N2O5S. The van der Waals surface area contributed by atoms with E-state index in [1.807, 2.05) is 6.92 Å². The lowest BCUT2D eigenvalue weighted by atomic mass is 10.1. The summed E-state index contributed by atoms with van der Waals surface area (Å²) in [5.74, 6) is 0.776. The van der Waals surface area contributed by atoms with Crippen LogP contribution in [0.1, 0.15) is 28.9 Å². The number of ether oxygens (including phenoxy) is 2. The molecule has 0 spiro atoms. The Morgan fingerprint density at radius 1 is 1.08 bits per heavy atom. The van der Waals surface area contributed by atoms with Crippen molar-refractivity contribution in [3.63, 3.8) is 0 Å². The maximum absolute atomic E-state index is 12.9. The Kier molecular flexibility index (Phi) is 5.89. The maximum atomic E-state index is 12.9. The second-order valence-electron chi connectivity index (χ2n) is 5.77. The molecule has 0 heterocycles. The molecular weight excluding hydrogens is 356 g/mol. The number of methoxy groups -OCH3 is 2. The molecule has 2 aromatic rings. The molecule has 0 aromatic heterocycles. The van der Waals surface area contributed by atoms with E-state index in [0.29, 0.717) is 17.1 Å². The molecule has 0 radical (unpaired) electrons. The zero-order valence-corrected chi connectivity index (χ0v) is 15.9. The molecule has 0 aliphatic rings. The third kappa shape index (κ3) is 4.14. The first-order valence-electron chi connectivity index (χ1n) is 7.81. The minimum absolute atomic E-state index is 0.0271. The molecule has 0 fully saturated rings. The Balaban J connectivity index is 2.27. The first kappa shape index (κ1) is 19.7. The van der Waals surface area contributed by atoms with Crippen molar-refractivity contribution in [3.8, 4) is 11.5 Å². The quantitative estimate of drug-likeness (QED) is 0.831. The van der Waals surface area contributed by atoms with Crippen molar-refractivity contribution in [3.05, 3.63) is 53.6 Å². The van der Waals surface area contributed by atoms with Crippen LogP contribution in [0.15, 0.2) is 47.4 Å². The summed E-state index contributed by atoms with van der Waals surface area (Å²) in [6, 6.07) is 10.8. The summed E-state index contributed by atoms with van der Waals surface area (Å²) in [6.45, 7) is 1.85. The molecule has 8 heteroatoms. The number of nitrogens with two attached hydrogens (primary N) is 1. The summed E-state index contributed by atoms with van der Waals surface area (Å²) in [4.78, 5) is 14.4. The number of carbonyl (C=O) groups excluding carboxylic acids is 1. The molecule has 2 N–H and O–H groups in total. The van der Waals surface area contributed by atoms with Gasteiger partial charge in [-0.1, -0.05) is 12.1 Å². The molecule has 1 amide bonds. The number of amides is 1. The normalized spacial score (nSPS) is 12.3. The number of hydrogen-bond acceptors (Lipinski definition) is 5. The molecule has 26 heavy (non-hydrogen) atoms. The van der Waals surface area contributed by atoms with Crippen LogP contribution in [0.5, 0.6) is 11.5 Å². The number of rotatable bonds is 6. The summed E-state index contributed by atoms with van der Waals surface area (Å²) < 4.78 is 33.1. The van der Waals surface area contributed by atoms with Crippen LogP contribution < -0.4 is 14.6 Å². The van der Waals surface area contributed by atoms with Crippen LogP contribution in [-0.2, 0) is 10.0 Å². The van der Waals surface area contributed by atoms with E-state index in [4.69, 9.17) is 14.6 Å². The molecule has 140 valence electrons. The molecule has 2 rings (SSSR count). The fourth-order valence-corrected chi connectivity index (χ4v) is 3.02. The Bertz CT molecular complexity index is 894. The number of nitrogens with zero attached hydrogens (tertiary/aromatic N) is 1. The Hall–Kier alpha value is -2.58. The highest BCUT2D eigenvalue weighted by Gasteiger charge is 2.22. The van der Waals surface area contributed by atoms with Crippen LogP contribution in [-0.4, -0.2) is 40.5 Å². The van der Waals surface area contributed by atoms with Crippen molar-refractivity contribution in [2.45, 2.75) is 17.9 Å². The van der Waals surface area contributed by atoms with Crippen LogP contribution >= 0.6 is 0 Å². The molecule has 0 aliphatic carbocycles. The van der Waals surface area contributed by atoms with Gasteiger partial charge in [0, 0.05) is 13.1 Å². The van der Waals surface area contributed by atoms with Crippen molar-refractivity contribution in [1.29, 1.82) is 0 Å². The van der Waals surface area contributed by atoms with E-state index in [2.05, 4.69) is 0 Å². The van der Waals surface area contributed by atoms with E-state index >= 15 is 0 Å². The topological polar surface area (TPSA) is 98.9 Å². The summed E-state index contributed by atoms with van der Waals surface area (Å²) >= 11 is 0. The van der Waals surface area contributed by atoms with E-state index in [1.165, 1.54) is 26.4 Å². The number of sulfonamides is 1. The second kappa shape index (κ2) is 7.76. The molecule has 7 nitrogen and oxygen atoms in total. The van der Waals surface area contributed by atoms with Gasteiger partial charge in [0.25, 0.3) is 5.91 Å². The van der Waals surface area contributed by atoms with Crippen molar-refractivity contribution in [2.75, 3.05) is 21.3 Å². The average Bonchev–Trinajstić information content (AvgIpc) is 2.65. The first-order valence-corrected chi connectivity index (χ1v) is 9.35. The Labute approximate surface area is 153 Å². The number of hydrogen-bond donors (Lipinski definition) is 1. The maximum Gasteiger partial charge on any atom is 0.257 e. The van der Waals surface area contributed by atoms with E-state index in [0.717, 1.165) is 5.56 Å². The van der Waals surface area contributed by atoms with Gasteiger partial charge in [0.05, 0.1) is 30.7 Å². The van der Waals surface area contributed by atoms with E-state index in [1.54, 1.807) is 42.3 Å². The van der Waals surface area contributed by atoms with Gasteiger partial charge >= 0.3 is 0 Å². The SMILES string of the molecule is COc1ccc(C(=O)N(C)C(C)c2ccc(S(N)(=O)=O)cc2)c(OC)c1. The zero-order valence-electron chi connectivity index (χ0n) is 15.1. The Morgan fingerprint density at radius 3 is 2.19 bits per heavy atom. The van der Waals surface area contributed by atoms with Gasteiger partial charge in [-0.2, -0.15) is 0 Å². The second-order valence-corrected chi connectivity index (χ2v) is 7.33. The van der Waals surface area contributed by atoms with Crippen molar-refractivity contribution in [1.82, 2.24) is 4.90 Å². The number of primary sulfonamides is 1. The smallest absolute Gasteiger partial charge is 0.257 e. The lowest BCUT2D eigenvalue weighted by Crippen LogP contribution is -2.30. The molecule has 2 aromatic carbocycles. The van der Waals surface area contributed by atoms with Gasteiger partial charge in [0.15, 0.2) is 0 Å². The van der Waals surface area contributed by atoms with Gasteiger partial charge in [-0.15, -0.1) is 0 Å². The van der Waals surface area contributed by atoms with Crippen LogP contribution in [0.25, 0.3) is 0 Å². The molecule has 1 atom stereocenters. The number of benzene rings is 2. The Morgan fingerprint density at radius 2 is 1.69 bits per heavy atom. The van der Waals surface area contributed by atoms with Gasteiger partial charge in [0.1, 0.15) is 11.5 Å². The number of carbonyl (C=O) groups is 1. The highest BCUT2D eigenvalue weighted by atomic mass is 32.2. The highest BCUT2D eigenvalue weighted by molar-refractivity contribution is 7.89. The fraction of sp³-hybridized carbons (Fsp3) is 0.278. The summed E-state index contributed by atoms with van der Waals surface area (Å²) in [7, 11) is 0.946. The zero-order chi connectivity index (χ0) is 19.5. The molecule has 0 saturated carbocycles. The van der Waals surface area contributed by atoms with Crippen molar-refractivity contribution < 1.29 is 22.7 Å². The fourth-order valence-electron chi connectivity index (χ4n) is 2.50. The standard InChI is InChI=1S/C18H22N2O5S/c1-12(13-5-8-15(9-6-13)26(19,22)23)20(2)18(21)16-10-7-14(24-3)11-17(16)25-4/h5-12H,1-4H3,(H2,19,22,23). The van der Waals surface area contributed by atoms with Crippen molar-refractivity contribution >= 4 is 15.9 Å². The van der Waals surface area contributed by atoms with Crippen LogP contribution in [0, 0.1) is 0 Å². The lowest BCUT2D eigenvalue weighted by Gasteiger charge is -2.26. The highest BCUT2D eigenvalue weighted by Crippen LogP contribution is 2.28. The molecule has 0 aliphatic heterocycles. The molecule has 0 bridgehead atoms. The van der Waals surface area contributed by atoms with Gasteiger partial charge in [-0.3, -0.25) is 4.79 Å². The van der Waals surface area contributed by atoms with E-state index < -0.39 is 10.0 Å².